The fourth-order valence-corrected chi connectivity index (χ4v) is 2.77. The van der Waals surface area contributed by atoms with E-state index in [9.17, 15) is 5.11 Å². The van der Waals surface area contributed by atoms with Crippen LogP contribution >= 0.6 is 0 Å². The fourth-order valence-electron chi connectivity index (χ4n) is 2.77. The van der Waals surface area contributed by atoms with Gasteiger partial charge in [0.1, 0.15) is 0 Å². The lowest BCUT2D eigenvalue weighted by Gasteiger charge is -2.25. The number of aliphatic hydroxyl groups is 1. The van der Waals surface area contributed by atoms with Crippen LogP contribution in [0.5, 0.6) is 0 Å². The van der Waals surface area contributed by atoms with E-state index in [1.54, 1.807) is 0 Å². The van der Waals surface area contributed by atoms with Gasteiger partial charge in [0.25, 0.3) is 0 Å². The maximum atomic E-state index is 10.1. The second-order valence-electron chi connectivity index (χ2n) is 7.62. The van der Waals surface area contributed by atoms with E-state index in [2.05, 4.69) is 65.8 Å². The minimum Gasteiger partial charge on any atom is -0.393 e. The number of rotatable bonds is 7. The SMILES string of the molecule is CCC(C)CC(CC(O)CC)c1ccc(C(C)(C)C)cc1. The van der Waals surface area contributed by atoms with Crippen molar-refractivity contribution in [2.45, 2.75) is 84.7 Å². The molecular formula is C20H34O. The Kier molecular flexibility index (Phi) is 6.93. The molecule has 0 spiro atoms. The molecular weight excluding hydrogens is 256 g/mol. The standard InChI is InChI=1S/C20H34O/c1-7-15(3)13-17(14-19(21)8-2)16-9-11-18(12-10-16)20(4,5)6/h9-12,15,17,19,21H,7-8,13-14H2,1-6H3. The Bertz CT molecular complexity index is 387. The van der Waals surface area contributed by atoms with Crippen LogP contribution in [-0.2, 0) is 5.41 Å². The predicted molar refractivity (Wildman–Crippen MR) is 92.9 cm³/mol. The topological polar surface area (TPSA) is 20.2 Å². The van der Waals surface area contributed by atoms with Crippen molar-refractivity contribution in [1.29, 1.82) is 0 Å². The Morgan fingerprint density at radius 3 is 1.95 bits per heavy atom. The van der Waals surface area contributed by atoms with Gasteiger partial charge in [-0.1, -0.05) is 72.2 Å². The number of aliphatic hydroxyl groups excluding tert-OH is 1. The molecule has 0 aliphatic rings. The van der Waals surface area contributed by atoms with Gasteiger partial charge in [-0.3, -0.25) is 0 Å². The van der Waals surface area contributed by atoms with Crippen molar-refractivity contribution in [2.75, 3.05) is 0 Å². The van der Waals surface area contributed by atoms with Crippen molar-refractivity contribution < 1.29 is 5.11 Å². The molecule has 1 aromatic carbocycles. The zero-order valence-corrected chi connectivity index (χ0v) is 14.8. The first kappa shape index (κ1) is 18.2. The normalized spacial score (nSPS) is 16.5. The highest BCUT2D eigenvalue weighted by Gasteiger charge is 2.19. The monoisotopic (exact) mass is 290 g/mol. The summed E-state index contributed by atoms with van der Waals surface area (Å²) in [5, 5.41) is 10.1. The maximum Gasteiger partial charge on any atom is 0.0543 e. The highest BCUT2D eigenvalue weighted by molar-refractivity contribution is 5.29. The van der Waals surface area contributed by atoms with Crippen LogP contribution in [0.3, 0.4) is 0 Å². The summed E-state index contributed by atoms with van der Waals surface area (Å²) >= 11 is 0. The van der Waals surface area contributed by atoms with Gasteiger partial charge in [-0.2, -0.15) is 0 Å². The Morgan fingerprint density at radius 1 is 0.952 bits per heavy atom. The van der Waals surface area contributed by atoms with E-state index in [1.807, 2.05) is 0 Å². The summed E-state index contributed by atoms with van der Waals surface area (Å²) in [5.41, 5.74) is 2.97. The van der Waals surface area contributed by atoms with Gasteiger partial charge in [0, 0.05) is 0 Å². The molecule has 1 aromatic rings. The van der Waals surface area contributed by atoms with Gasteiger partial charge < -0.3 is 5.11 Å². The molecule has 0 aliphatic heterocycles. The molecule has 0 saturated carbocycles. The van der Waals surface area contributed by atoms with Gasteiger partial charge in [0.05, 0.1) is 6.10 Å². The quantitative estimate of drug-likeness (QED) is 0.686. The van der Waals surface area contributed by atoms with Gasteiger partial charge in [0.15, 0.2) is 0 Å². The van der Waals surface area contributed by atoms with Crippen molar-refractivity contribution in [3.05, 3.63) is 35.4 Å². The fraction of sp³-hybridized carbons (Fsp3) is 0.700. The van der Waals surface area contributed by atoms with Gasteiger partial charge >= 0.3 is 0 Å². The van der Waals surface area contributed by atoms with E-state index in [1.165, 1.54) is 24.0 Å². The molecule has 3 atom stereocenters. The summed E-state index contributed by atoms with van der Waals surface area (Å²) < 4.78 is 0. The predicted octanol–water partition coefficient (Wildman–Crippen LogP) is 5.66. The zero-order chi connectivity index (χ0) is 16.0. The largest absolute Gasteiger partial charge is 0.393 e. The summed E-state index contributed by atoms with van der Waals surface area (Å²) in [7, 11) is 0. The van der Waals surface area contributed by atoms with Crippen molar-refractivity contribution in [3.63, 3.8) is 0 Å². The van der Waals surface area contributed by atoms with Crippen molar-refractivity contribution >= 4 is 0 Å². The summed E-state index contributed by atoms with van der Waals surface area (Å²) in [6.45, 7) is 13.4. The number of benzene rings is 1. The highest BCUT2D eigenvalue weighted by atomic mass is 16.3. The third-order valence-corrected chi connectivity index (χ3v) is 4.66. The lowest BCUT2D eigenvalue weighted by molar-refractivity contribution is 0.146. The van der Waals surface area contributed by atoms with Gasteiger partial charge in [-0.15, -0.1) is 0 Å². The molecule has 0 saturated heterocycles. The van der Waals surface area contributed by atoms with E-state index in [4.69, 9.17) is 0 Å². The summed E-state index contributed by atoms with van der Waals surface area (Å²) in [6, 6.07) is 9.07. The van der Waals surface area contributed by atoms with E-state index in [-0.39, 0.29) is 11.5 Å². The molecule has 0 amide bonds. The molecule has 1 N–H and O–H groups in total. The third kappa shape index (κ3) is 5.82. The first-order chi connectivity index (χ1) is 9.77. The zero-order valence-electron chi connectivity index (χ0n) is 14.8. The smallest absolute Gasteiger partial charge is 0.0543 e. The minimum atomic E-state index is -0.179. The minimum absolute atomic E-state index is 0.179. The van der Waals surface area contributed by atoms with Crippen LogP contribution < -0.4 is 0 Å². The van der Waals surface area contributed by atoms with Crippen LogP contribution in [0.2, 0.25) is 0 Å². The van der Waals surface area contributed by atoms with Crippen LogP contribution in [-0.4, -0.2) is 11.2 Å². The highest BCUT2D eigenvalue weighted by Crippen LogP contribution is 2.32. The molecule has 1 rings (SSSR count). The Labute approximate surface area is 131 Å². The lowest BCUT2D eigenvalue weighted by atomic mass is 9.81. The van der Waals surface area contributed by atoms with Gasteiger partial charge in [0.2, 0.25) is 0 Å². The molecule has 120 valence electrons. The first-order valence-corrected chi connectivity index (χ1v) is 8.56. The summed E-state index contributed by atoms with van der Waals surface area (Å²) in [6.07, 6.45) is 3.93. The molecule has 0 aliphatic carbocycles. The van der Waals surface area contributed by atoms with Crippen molar-refractivity contribution in [1.82, 2.24) is 0 Å². The average Bonchev–Trinajstić information content (AvgIpc) is 2.45. The van der Waals surface area contributed by atoms with Gasteiger partial charge in [-0.05, 0) is 47.6 Å². The Hall–Kier alpha value is -0.820. The maximum absolute atomic E-state index is 10.1. The van der Waals surface area contributed by atoms with Crippen LogP contribution in [0.25, 0.3) is 0 Å². The Morgan fingerprint density at radius 2 is 1.52 bits per heavy atom. The lowest BCUT2D eigenvalue weighted by Crippen LogP contribution is -2.15. The van der Waals surface area contributed by atoms with E-state index in [0.29, 0.717) is 11.8 Å². The second-order valence-corrected chi connectivity index (χ2v) is 7.62. The third-order valence-electron chi connectivity index (χ3n) is 4.66. The summed E-state index contributed by atoms with van der Waals surface area (Å²) in [4.78, 5) is 0. The Balaban J connectivity index is 2.91. The van der Waals surface area contributed by atoms with Crippen LogP contribution in [0.15, 0.2) is 24.3 Å². The molecule has 1 heteroatoms. The van der Waals surface area contributed by atoms with Crippen molar-refractivity contribution in [3.8, 4) is 0 Å². The van der Waals surface area contributed by atoms with Gasteiger partial charge in [-0.25, -0.2) is 0 Å². The van der Waals surface area contributed by atoms with Crippen LogP contribution in [0, 0.1) is 5.92 Å². The molecule has 1 nitrogen and oxygen atoms in total. The van der Waals surface area contributed by atoms with Crippen LogP contribution in [0.1, 0.15) is 84.3 Å². The molecule has 21 heavy (non-hydrogen) atoms. The molecule has 0 aromatic heterocycles. The summed E-state index contributed by atoms with van der Waals surface area (Å²) in [5.74, 6) is 1.19. The first-order valence-electron chi connectivity index (χ1n) is 8.56. The van der Waals surface area contributed by atoms with E-state index < -0.39 is 0 Å². The second kappa shape index (κ2) is 7.98. The van der Waals surface area contributed by atoms with E-state index in [0.717, 1.165) is 12.8 Å². The molecule has 0 radical (unpaired) electrons. The molecule has 0 fully saturated rings. The molecule has 3 unspecified atom stereocenters. The van der Waals surface area contributed by atoms with Crippen LogP contribution in [0.4, 0.5) is 0 Å². The molecule has 0 bridgehead atoms. The number of hydrogen-bond acceptors (Lipinski definition) is 1. The average molecular weight is 290 g/mol. The van der Waals surface area contributed by atoms with Crippen molar-refractivity contribution in [2.24, 2.45) is 5.92 Å². The molecule has 0 heterocycles. The van der Waals surface area contributed by atoms with E-state index >= 15 is 0 Å². The number of hydrogen-bond donors (Lipinski definition) is 1.